The fourth-order valence-electron chi connectivity index (χ4n) is 3.62. The maximum atomic E-state index is 12.3. The molecule has 2 aliphatic rings. The molecule has 12 nitrogen and oxygen atoms in total. The molecule has 2 saturated heterocycles. The van der Waals surface area contributed by atoms with Gasteiger partial charge in [0.15, 0.2) is 0 Å². The van der Waals surface area contributed by atoms with E-state index in [1.807, 2.05) is 6.07 Å². The number of thioether (sulfide) groups is 1. The fraction of sp³-hybridized carbons (Fsp3) is 0.476. The monoisotopic (exact) mass is 495 g/mol. The van der Waals surface area contributed by atoms with Gasteiger partial charge >= 0.3 is 11.9 Å². The molecule has 2 fully saturated rings. The molecule has 34 heavy (non-hydrogen) atoms. The van der Waals surface area contributed by atoms with Crippen molar-refractivity contribution in [1.29, 1.82) is 0 Å². The highest BCUT2D eigenvalue weighted by Crippen LogP contribution is 2.50. The zero-order valence-corrected chi connectivity index (χ0v) is 19.5. The molecule has 9 N–H and O–H groups in total. The molecule has 1 unspecified atom stereocenters. The van der Waals surface area contributed by atoms with Crippen LogP contribution in [0.2, 0.25) is 0 Å². The minimum atomic E-state index is -1.11. The van der Waals surface area contributed by atoms with Gasteiger partial charge in [-0.25, -0.2) is 4.79 Å². The van der Waals surface area contributed by atoms with E-state index in [1.54, 1.807) is 38.1 Å². The van der Waals surface area contributed by atoms with Crippen molar-refractivity contribution in [2.75, 3.05) is 0 Å². The molecule has 3 rings (SSSR count). The number of β-lactam (4-membered cyclic amide) rings is 1. The molecule has 0 saturated carbocycles. The molecule has 2 aliphatic heterocycles. The summed E-state index contributed by atoms with van der Waals surface area (Å²) >= 11 is 1.38. The van der Waals surface area contributed by atoms with Crippen molar-refractivity contribution >= 4 is 41.4 Å². The maximum Gasteiger partial charge on any atom is 0.327 e. The second-order valence-electron chi connectivity index (χ2n) is 8.42. The molecule has 1 aromatic rings. The van der Waals surface area contributed by atoms with Crippen LogP contribution in [0.3, 0.4) is 0 Å². The smallest absolute Gasteiger partial charge is 0.327 e. The summed E-state index contributed by atoms with van der Waals surface area (Å²) in [5.41, 5.74) is 16.4. The molecular formula is C21H29N5O7S. The standard InChI is InChI=1S/C16H19N3O4S.C5H10N2O3/c1-16(2)11(15(22)23)19-13(21)10(14(19)24-16)18-12(20)9(17)8-6-4-3-5-7-8;6-3(5(9)10)1-2-4(7)8/h3-7,9-11,14H,17H2,1-2H3,(H,18,20)(H,22,23);3H,1-2,6H2,(H2,7,8)(H,9,10)/t9-,10-,11+,14-;/m1./s1. The molecule has 0 aliphatic carbocycles. The van der Waals surface area contributed by atoms with Gasteiger partial charge in [-0.3, -0.25) is 19.2 Å². The van der Waals surface area contributed by atoms with Crippen LogP contribution in [0.25, 0.3) is 0 Å². The van der Waals surface area contributed by atoms with Crippen molar-refractivity contribution in [2.24, 2.45) is 17.2 Å². The van der Waals surface area contributed by atoms with Gasteiger partial charge in [0.2, 0.25) is 17.7 Å². The van der Waals surface area contributed by atoms with Crippen molar-refractivity contribution in [3.63, 3.8) is 0 Å². The van der Waals surface area contributed by atoms with E-state index in [0.717, 1.165) is 0 Å². The van der Waals surface area contributed by atoms with Gasteiger partial charge in [0.05, 0.1) is 0 Å². The predicted octanol–water partition coefficient (Wildman–Crippen LogP) is -1.02. The first-order valence-corrected chi connectivity index (χ1v) is 11.3. The Labute approximate surface area is 200 Å². The molecule has 0 radical (unpaired) electrons. The maximum absolute atomic E-state index is 12.3. The van der Waals surface area contributed by atoms with Gasteiger partial charge in [0.1, 0.15) is 29.5 Å². The third-order valence-electron chi connectivity index (χ3n) is 5.43. The molecule has 13 heteroatoms. The average Bonchev–Trinajstić information content (AvgIpc) is 3.03. The number of nitrogens with zero attached hydrogens (tertiary/aromatic N) is 1. The molecule has 5 atom stereocenters. The summed E-state index contributed by atoms with van der Waals surface area (Å²) in [5.74, 6) is -3.50. The van der Waals surface area contributed by atoms with Gasteiger partial charge in [-0.1, -0.05) is 30.3 Å². The molecule has 0 aromatic heterocycles. The number of nitrogens with one attached hydrogen (secondary N) is 1. The Balaban J connectivity index is 0.000000347. The fourth-order valence-corrected chi connectivity index (χ4v) is 5.25. The normalized spacial score (nSPS) is 23.9. The summed E-state index contributed by atoms with van der Waals surface area (Å²) in [6.45, 7) is 3.58. The summed E-state index contributed by atoms with van der Waals surface area (Å²) in [7, 11) is 0. The van der Waals surface area contributed by atoms with Crippen molar-refractivity contribution in [1.82, 2.24) is 10.2 Å². The number of aliphatic carboxylic acids is 2. The van der Waals surface area contributed by atoms with Crippen molar-refractivity contribution in [2.45, 2.75) is 61.0 Å². The predicted molar refractivity (Wildman–Crippen MR) is 123 cm³/mol. The molecule has 3 amide bonds. The number of fused-ring (bicyclic) bond motifs is 1. The van der Waals surface area contributed by atoms with Gasteiger partial charge in [-0.15, -0.1) is 11.8 Å². The van der Waals surface area contributed by atoms with Gasteiger partial charge in [-0.05, 0) is 25.8 Å². The Morgan fingerprint density at radius 3 is 2.24 bits per heavy atom. The first-order valence-electron chi connectivity index (χ1n) is 10.4. The van der Waals surface area contributed by atoms with Gasteiger partial charge < -0.3 is 37.6 Å². The van der Waals surface area contributed by atoms with E-state index in [0.29, 0.717) is 5.56 Å². The minimum absolute atomic E-state index is 0.0213. The first-order chi connectivity index (χ1) is 15.8. The van der Waals surface area contributed by atoms with E-state index < -0.39 is 52.7 Å². The third-order valence-corrected chi connectivity index (χ3v) is 7.00. The van der Waals surface area contributed by atoms with Crippen LogP contribution in [-0.4, -0.2) is 73.0 Å². The number of amides is 3. The first kappa shape index (κ1) is 27.1. The van der Waals surface area contributed by atoms with E-state index in [9.17, 15) is 29.1 Å². The van der Waals surface area contributed by atoms with Crippen LogP contribution in [0.15, 0.2) is 30.3 Å². The lowest BCUT2D eigenvalue weighted by molar-refractivity contribution is -0.161. The SMILES string of the molecule is CC1(C)S[C@@H]2[C@H](NC(=O)[C@H](N)c3ccccc3)C(=O)N2[C@H]1C(=O)O.NC(=O)CCC(N)C(=O)O. The second kappa shape index (κ2) is 10.8. The largest absolute Gasteiger partial charge is 0.480 e. The lowest BCUT2D eigenvalue weighted by Gasteiger charge is -2.43. The van der Waals surface area contributed by atoms with E-state index >= 15 is 0 Å². The number of carbonyl (C=O) groups is 5. The van der Waals surface area contributed by atoms with E-state index in [1.165, 1.54) is 16.7 Å². The van der Waals surface area contributed by atoms with E-state index in [-0.39, 0.29) is 24.1 Å². The van der Waals surface area contributed by atoms with Gasteiger partial charge in [0.25, 0.3) is 0 Å². The number of hydrogen-bond donors (Lipinski definition) is 6. The number of hydrogen-bond acceptors (Lipinski definition) is 8. The Kier molecular flexibility index (Phi) is 8.64. The van der Waals surface area contributed by atoms with Crippen molar-refractivity contribution < 1.29 is 34.2 Å². The third kappa shape index (κ3) is 6.04. The van der Waals surface area contributed by atoms with Crippen LogP contribution in [0.5, 0.6) is 0 Å². The van der Waals surface area contributed by atoms with Crippen LogP contribution in [-0.2, 0) is 24.0 Å². The molecule has 186 valence electrons. The Hall–Kier alpha value is -3.16. The molecule has 0 spiro atoms. The Morgan fingerprint density at radius 2 is 1.74 bits per heavy atom. The minimum Gasteiger partial charge on any atom is -0.480 e. The quantitative estimate of drug-likeness (QED) is 0.241. The Morgan fingerprint density at radius 1 is 1.15 bits per heavy atom. The number of rotatable bonds is 8. The molecular weight excluding hydrogens is 466 g/mol. The number of carboxylic acid groups (broad SMARTS) is 2. The number of carboxylic acids is 2. The van der Waals surface area contributed by atoms with Crippen LogP contribution in [0.1, 0.15) is 38.3 Å². The van der Waals surface area contributed by atoms with E-state index in [2.05, 4.69) is 5.32 Å². The summed E-state index contributed by atoms with van der Waals surface area (Å²) in [6, 6.07) is 5.40. The summed E-state index contributed by atoms with van der Waals surface area (Å²) in [5, 5.41) is 19.9. The number of primary amides is 1. The average molecular weight is 496 g/mol. The summed E-state index contributed by atoms with van der Waals surface area (Å²) in [4.78, 5) is 57.6. The van der Waals surface area contributed by atoms with Gasteiger partial charge in [0, 0.05) is 11.2 Å². The van der Waals surface area contributed by atoms with Crippen molar-refractivity contribution in [3.8, 4) is 0 Å². The van der Waals surface area contributed by atoms with Crippen molar-refractivity contribution in [3.05, 3.63) is 35.9 Å². The van der Waals surface area contributed by atoms with Crippen LogP contribution in [0, 0.1) is 0 Å². The van der Waals surface area contributed by atoms with E-state index in [4.69, 9.17) is 22.3 Å². The lowest BCUT2D eigenvalue weighted by atomic mass is 9.95. The number of carbonyl (C=O) groups excluding carboxylic acids is 3. The highest BCUT2D eigenvalue weighted by molar-refractivity contribution is 8.01. The zero-order valence-electron chi connectivity index (χ0n) is 18.7. The van der Waals surface area contributed by atoms with Gasteiger partial charge in [-0.2, -0.15) is 0 Å². The highest BCUT2D eigenvalue weighted by Gasteiger charge is 2.64. The zero-order chi connectivity index (χ0) is 25.8. The van der Waals surface area contributed by atoms with Crippen LogP contribution in [0.4, 0.5) is 0 Å². The topological polar surface area (TPSA) is 219 Å². The lowest BCUT2D eigenvalue weighted by Crippen LogP contribution is -2.71. The van der Waals surface area contributed by atoms with Crippen LogP contribution >= 0.6 is 11.8 Å². The molecule has 1 aromatic carbocycles. The summed E-state index contributed by atoms with van der Waals surface area (Å²) in [6.07, 6.45) is 0.123. The van der Waals surface area contributed by atoms with Crippen LogP contribution < -0.4 is 22.5 Å². The summed E-state index contributed by atoms with van der Waals surface area (Å²) < 4.78 is -0.618. The number of nitrogens with two attached hydrogens (primary N) is 3. The molecule has 2 heterocycles. The Bertz CT molecular complexity index is 958. The molecule has 0 bridgehead atoms. The second-order valence-corrected chi connectivity index (χ2v) is 10.2. The highest BCUT2D eigenvalue weighted by atomic mass is 32.2. The number of benzene rings is 1.